The van der Waals surface area contributed by atoms with Crippen LogP contribution in [0.3, 0.4) is 0 Å². The molecule has 3 aromatic rings. The Bertz CT molecular complexity index is 1180. The standard InChI is InChI=1S/C23H16ClFN2O3S/c1-30-19-12-7-14(24)13-18(19)27-22(28)20(26-16-10-8-15(25)9-11-16)21(23(27)29)31-17-5-3-2-4-6-17/h2-13,26H,1H3. The number of nitrogens with one attached hydrogen (secondary N) is 1. The summed E-state index contributed by atoms with van der Waals surface area (Å²) in [4.78, 5) is 28.8. The topological polar surface area (TPSA) is 58.6 Å². The molecule has 0 unspecified atom stereocenters. The van der Waals surface area contributed by atoms with Gasteiger partial charge in [0.1, 0.15) is 22.2 Å². The fraction of sp³-hybridized carbons (Fsp3) is 0.0435. The first-order chi connectivity index (χ1) is 15.0. The fourth-order valence-electron chi connectivity index (χ4n) is 3.06. The molecule has 0 aliphatic carbocycles. The van der Waals surface area contributed by atoms with Crippen molar-refractivity contribution >= 4 is 46.6 Å². The van der Waals surface area contributed by atoms with Crippen LogP contribution in [0.1, 0.15) is 0 Å². The largest absolute Gasteiger partial charge is 0.495 e. The van der Waals surface area contributed by atoms with E-state index in [9.17, 15) is 14.0 Å². The monoisotopic (exact) mass is 454 g/mol. The van der Waals surface area contributed by atoms with Gasteiger partial charge in [-0.05, 0) is 54.6 Å². The highest BCUT2D eigenvalue weighted by atomic mass is 35.5. The fourth-order valence-corrected chi connectivity index (χ4v) is 4.17. The molecule has 1 N–H and O–H groups in total. The predicted molar refractivity (Wildman–Crippen MR) is 120 cm³/mol. The van der Waals surface area contributed by atoms with Crippen LogP contribution in [-0.4, -0.2) is 18.9 Å². The van der Waals surface area contributed by atoms with Crippen molar-refractivity contribution in [1.29, 1.82) is 0 Å². The minimum atomic E-state index is -0.562. The van der Waals surface area contributed by atoms with Crippen molar-refractivity contribution in [2.45, 2.75) is 4.90 Å². The summed E-state index contributed by atoms with van der Waals surface area (Å²) in [6.45, 7) is 0. The summed E-state index contributed by atoms with van der Waals surface area (Å²) in [5.74, 6) is -1.15. The number of hydrogen-bond acceptors (Lipinski definition) is 5. The molecule has 4 rings (SSSR count). The summed E-state index contributed by atoms with van der Waals surface area (Å²) < 4.78 is 18.6. The van der Waals surface area contributed by atoms with E-state index in [0.717, 1.165) is 9.80 Å². The van der Waals surface area contributed by atoms with E-state index in [1.54, 1.807) is 12.1 Å². The molecule has 1 aliphatic rings. The third-order valence-electron chi connectivity index (χ3n) is 4.50. The van der Waals surface area contributed by atoms with E-state index < -0.39 is 17.6 Å². The van der Waals surface area contributed by atoms with Gasteiger partial charge in [0, 0.05) is 15.6 Å². The normalized spacial score (nSPS) is 13.7. The molecule has 0 atom stereocenters. The highest BCUT2D eigenvalue weighted by Crippen LogP contribution is 2.41. The van der Waals surface area contributed by atoms with Crippen LogP contribution in [0, 0.1) is 5.82 Å². The number of benzene rings is 3. The number of halogens is 2. The minimum Gasteiger partial charge on any atom is -0.495 e. The molecule has 0 aromatic heterocycles. The smallest absolute Gasteiger partial charge is 0.283 e. The molecule has 31 heavy (non-hydrogen) atoms. The number of carbonyl (C=O) groups is 2. The van der Waals surface area contributed by atoms with E-state index in [-0.39, 0.29) is 16.3 Å². The van der Waals surface area contributed by atoms with Crippen molar-refractivity contribution in [1.82, 2.24) is 0 Å². The lowest BCUT2D eigenvalue weighted by Crippen LogP contribution is -2.32. The van der Waals surface area contributed by atoms with Gasteiger partial charge in [0.25, 0.3) is 11.8 Å². The summed E-state index contributed by atoms with van der Waals surface area (Å²) in [6.07, 6.45) is 0. The van der Waals surface area contributed by atoms with Gasteiger partial charge < -0.3 is 10.1 Å². The van der Waals surface area contributed by atoms with Crippen molar-refractivity contribution < 1.29 is 18.7 Å². The highest BCUT2D eigenvalue weighted by molar-refractivity contribution is 8.04. The van der Waals surface area contributed by atoms with E-state index in [4.69, 9.17) is 16.3 Å². The van der Waals surface area contributed by atoms with Gasteiger partial charge in [0.2, 0.25) is 0 Å². The number of carbonyl (C=O) groups excluding carboxylic acids is 2. The molecule has 0 spiro atoms. The lowest BCUT2D eigenvalue weighted by Gasteiger charge is -2.18. The Morgan fingerprint density at radius 3 is 2.35 bits per heavy atom. The van der Waals surface area contributed by atoms with Crippen molar-refractivity contribution in [2.75, 3.05) is 17.3 Å². The molecule has 5 nitrogen and oxygen atoms in total. The van der Waals surface area contributed by atoms with Crippen LogP contribution in [0.25, 0.3) is 0 Å². The van der Waals surface area contributed by atoms with Gasteiger partial charge >= 0.3 is 0 Å². The molecule has 1 aliphatic heterocycles. The van der Waals surface area contributed by atoms with Gasteiger partial charge in [0.15, 0.2) is 0 Å². The molecule has 3 aromatic carbocycles. The third kappa shape index (κ3) is 4.28. The number of amides is 2. The Morgan fingerprint density at radius 1 is 0.968 bits per heavy atom. The van der Waals surface area contributed by atoms with E-state index in [0.29, 0.717) is 16.5 Å². The second kappa shape index (κ2) is 8.83. The Balaban J connectivity index is 1.78. The Morgan fingerprint density at radius 2 is 1.68 bits per heavy atom. The molecule has 8 heteroatoms. The van der Waals surface area contributed by atoms with Crippen LogP contribution in [-0.2, 0) is 9.59 Å². The molecule has 156 valence electrons. The number of imide groups is 1. The van der Waals surface area contributed by atoms with Crippen LogP contribution in [0.2, 0.25) is 5.02 Å². The molecule has 0 fully saturated rings. The number of anilines is 2. The average Bonchev–Trinajstić information content (AvgIpc) is 3.00. The van der Waals surface area contributed by atoms with Crippen LogP contribution in [0.4, 0.5) is 15.8 Å². The van der Waals surface area contributed by atoms with E-state index in [1.165, 1.54) is 49.2 Å². The second-order valence-corrected chi connectivity index (χ2v) is 8.03. The summed E-state index contributed by atoms with van der Waals surface area (Å²) in [5.41, 5.74) is 0.808. The first kappa shape index (κ1) is 21.0. The van der Waals surface area contributed by atoms with Gasteiger partial charge in [-0.15, -0.1) is 0 Å². The Hall–Kier alpha value is -3.29. The SMILES string of the molecule is COc1ccc(Cl)cc1N1C(=O)C(Nc2ccc(F)cc2)=C(Sc2ccccc2)C1=O. The van der Waals surface area contributed by atoms with Crippen LogP contribution < -0.4 is 15.0 Å². The molecule has 0 bridgehead atoms. The van der Waals surface area contributed by atoms with Crippen molar-refractivity contribution in [3.63, 3.8) is 0 Å². The van der Waals surface area contributed by atoms with Crippen molar-refractivity contribution in [2.24, 2.45) is 0 Å². The van der Waals surface area contributed by atoms with Crippen molar-refractivity contribution in [3.05, 3.63) is 94.2 Å². The zero-order valence-electron chi connectivity index (χ0n) is 16.3. The van der Waals surface area contributed by atoms with Gasteiger partial charge in [-0.2, -0.15) is 0 Å². The van der Waals surface area contributed by atoms with Crippen LogP contribution >= 0.6 is 23.4 Å². The molecular formula is C23H16ClFN2O3S. The van der Waals surface area contributed by atoms with Gasteiger partial charge in [0.05, 0.1) is 12.8 Å². The summed E-state index contributed by atoms with van der Waals surface area (Å²) >= 11 is 7.29. The number of hydrogen-bond donors (Lipinski definition) is 1. The average molecular weight is 455 g/mol. The highest BCUT2D eigenvalue weighted by Gasteiger charge is 2.41. The summed E-state index contributed by atoms with van der Waals surface area (Å²) in [6, 6.07) is 19.5. The Labute approximate surface area is 187 Å². The number of nitrogens with zero attached hydrogens (tertiary/aromatic N) is 1. The molecule has 0 saturated carbocycles. The maximum atomic E-state index is 13.4. The van der Waals surface area contributed by atoms with Gasteiger partial charge in [-0.25, -0.2) is 9.29 Å². The van der Waals surface area contributed by atoms with Gasteiger partial charge in [-0.3, -0.25) is 9.59 Å². The molecule has 0 saturated heterocycles. The van der Waals surface area contributed by atoms with Crippen LogP contribution in [0.15, 0.2) is 88.3 Å². The maximum Gasteiger partial charge on any atom is 0.283 e. The molecule has 0 radical (unpaired) electrons. The molecule has 2 amide bonds. The lowest BCUT2D eigenvalue weighted by molar-refractivity contribution is -0.120. The summed E-state index contributed by atoms with van der Waals surface area (Å²) in [5, 5.41) is 3.33. The van der Waals surface area contributed by atoms with Gasteiger partial charge in [-0.1, -0.05) is 41.6 Å². The van der Waals surface area contributed by atoms with E-state index >= 15 is 0 Å². The van der Waals surface area contributed by atoms with Crippen LogP contribution in [0.5, 0.6) is 5.75 Å². The number of thioether (sulfide) groups is 1. The quantitative estimate of drug-likeness (QED) is 0.500. The number of methoxy groups -OCH3 is 1. The Kier molecular flexibility index (Phi) is 5.97. The third-order valence-corrected chi connectivity index (χ3v) is 5.83. The molecule has 1 heterocycles. The maximum absolute atomic E-state index is 13.4. The predicted octanol–water partition coefficient (Wildman–Crippen LogP) is 5.48. The second-order valence-electron chi connectivity index (χ2n) is 6.51. The zero-order chi connectivity index (χ0) is 22.0. The van der Waals surface area contributed by atoms with E-state index in [1.807, 2.05) is 30.3 Å². The van der Waals surface area contributed by atoms with Crippen molar-refractivity contribution in [3.8, 4) is 5.75 Å². The summed E-state index contributed by atoms with van der Waals surface area (Å²) in [7, 11) is 1.45. The van der Waals surface area contributed by atoms with E-state index in [2.05, 4.69) is 5.32 Å². The number of ether oxygens (including phenoxy) is 1. The zero-order valence-corrected chi connectivity index (χ0v) is 17.8. The first-order valence-electron chi connectivity index (χ1n) is 9.20. The lowest BCUT2D eigenvalue weighted by atomic mass is 10.2. The minimum absolute atomic E-state index is 0.0903. The first-order valence-corrected chi connectivity index (χ1v) is 10.4. The molecular weight excluding hydrogens is 439 g/mol. The number of rotatable bonds is 6.